The third-order valence-electron chi connectivity index (χ3n) is 3.44. The Morgan fingerprint density at radius 2 is 1.67 bits per heavy atom. The summed E-state index contributed by atoms with van der Waals surface area (Å²) in [6, 6.07) is 4.98. The first-order valence-electron chi connectivity index (χ1n) is 7.06. The number of benzene rings is 1. The van der Waals surface area contributed by atoms with Gasteiger partial charge in [-0.3, -0.25) is 0 Å². The summed E-state index contributed by atoms with van der Waals surface area (Å²) in [7, 11) is 0. The molecule has 0 atom stereocenters. The van der Waals surface area contributed by atoms with E-state index in [1.54, 1.807) is 12.1 Å². The minimum atomic E-state index is -4.44. The number of aromatic nitrogens is 1. The number of fused-ring (bicyclic) bond motifs is 1. The van der Waals surface area contributed by atoms with Crippen LogP contribution in [-0.2, 0) is 19.0 Å². The number of nitrogens with zero attached hydrogens (tertiary/aromatic N) is 1. The van der Waals surface area contributed by atoms with Crippen LogP contribution in [0.4, 0.5) is 13.2 Å². The van der Waals surface area contributed by atoms with Crippen molar-refractivity contribution in [1.29, 1.82) is 0 Å². The van der Waals surface area contributed by atoms with Crippen molar-refractivity contribution in [3.63, 3.8) is 0 Å². The normalized spacial score (nSPS) is 12.1. The fourth-order valence-electron chi connectivity index (χ4n) is 2.64. The molecule has 114 valence electrons. The first-order chi connectivity index (χ1) is 9.88. The standard InChI is InChI=1S/C16H17ClF3N/c1-3-5-11-12-8-7-10(17)9-14(12)21-15(16(18,19)20)13(11)6-4-2/h7-9H,3-6H2,1-2H3. The van der Waals surface area contributed by atoms with Gasteiger partial charge >= 0.3 is 6.18 Å². The average molecular weight is 316 g/mol. The van der Waals surface area contributed by atoms with Gasteiger partial charge in [-0.1, -0.05) is 44.4 Å². The lowest BCUT2D eigenvalue weighted by Crippen LogP contribution is -2.15. The Kier molecular flexibility index (Phi) is 4.77. The van der Waals surface area contributed by atoms with Gasteiger partial charge in [0.15, 0.2) is 0 Å². The highest BCUT2D eigenvalue weighted by molar-refractivity contribution is 6.31. The van der Waals surface area contributed by atoms with Crippen molar-refractivity contribution in [3.8, 4) is 0 Å². The van der Waals surface area contributed by atoms with E-state index in [0.29, 0.717) is 35.4 Å². The smallest absolute Gasteiger partial charge is 0.243 e. The minimum absolute atomic E-state index is 0.318. The lowest BCUT2D eigenvalue weighted by molar-refractivity contribution is -0.141. The largest absolute Gasteiger partial charge is 0.433 e. The van der Waals surface area contributed by atoms with Gasteiger partial charge in [-0.15, -0.1) is 0 Å². The highest BCUT2D eigenvalue weighted by atomic mass is 35.5. The van der Waals surface area contributed by atoms with E-state index in [2.05, 4.69) is 4.98 Å². The van der Waals surface area contributed by atoms with Crippen molar-refractivity contribution in [1.82, 2.24) is 4.98 Å². The molecule has 0 saturated carbocycles. The number of alkyl halides is 3. The van der Waals surface area contributed by atoms with Gasteiger partial charge in [-0.05, 0) is 36.1 Å². The van der Waals surface area contributed by atoms with E-state index >= 15 is 0 Å². The van der Waals surface area contributed by atoms with E-state index in [-0.39, 0.29) is 0 Å². The number of rotatable bonds is 4. The fraction of sp³-hybridized carbons (Fsp3) is 0.438. The second-order valence-electron chi connectivity index (χ2n) is 5.08. The fourth-order valence-corrected chi connectivity index (χ4v) is 2.80. The van der Waals surface area contributed by atoms with Gasteiger partial charge in [0.2, 0.25) is 0 Å². The number of aryl methyl sites for hydroxylation is 1. The Hall–Kier alpha value is -1.29. The number of hydrogen-bond donors (Lipinski definition) is 0. The SMILES string of the molecule is CCCc1c(C(F)(F)F)nc2cc(Cl)ccc2c1CCC. The molecule has 1 aromatic heterocycles. The highest BCUT2D eigenvalue weighted by Crippen LogP contribution is 2.36. The van der Waals surface area contributed by atoms with Crippen LogP contribution in [0.1, 0.15) is 43.5 Å². The van der Waals surface area contributed by atoms with Crippen LogP contribution in [0.5, 0.6) is 0 Å². The Labute approximate surface area is 127 Å². The molecule has 0 saturated heterocycles. The van der Waals surface area contributed by atoms with Gasteiger partial charge < -0.3 is 0 Å². The van der Waals surface area contributed by atoms with E-state index in [1.165, 1.54) is 6.07 Å². The molecule has 1 nitrogen and oxygen atoms in total. The zero-order valence-electron chi connectivity index (χ0n) is 12.0. The molecule has 1 aromatic carbocycles. The first-order valence-corrected chi connectivity index (χ1v) is 7.44. The maximum atomic E-state index is 13.3. The summed E-state index contributed by atoms with van der Waals surface area (Å²) in [5.41, 5.74) is 0.649. The molecule has 0 spiro atoms. The predicted molar refractivity (Wildman–Crippen MR) is 79.7 cm³/mol. The topological polar surface area (TPSA) is 12.9 Å². The molecule has 0 aliphatic carbocycles. The van der Waals surface area contributed by atoms with Crippen LogP contribution >= 0.6 is 11.6 Å². The maximum absolute atomic E-state index is 13.3. The molecule has 0 fully saturated rings. The van der Waals surface area contributed by atoms with Crippen LogP contribution < -0.4 is 0 Å². The molecule has 0 amide bonds. The summed E-state index contributed by atoms with van der Waals surface area (Å²) < 4.78 is 40.0. The molecule has 0 N–H and O–H groups in total. The van der Waals surface area contributed by atoms with Crippen LogP contribution in [0.3, 0.4) is 0 Å². The van der Waals surface area contributed by atoms with Crippen LogP contribution in [0.15, 0.2) is 18.2 Å². The molecular formula is C16H17ClF3N. The van der Waals surface area contributed by atoms with Gasteiger partial charge in [0, 0.05) is 10.4 Å². The van der Waals surface area contributed by atoms with Crippen LogP contribution in [-0.4, -0.2) is 4.98 Å². The molecule has 2 rings (SSSR count). The Bertz CT molecular complexity index is 650. The van der Waals surface area contributed by atoms with Crippen molar-refractivity contribution in [2.24, 2.45) is 0 Å². The summed E-state index contributed by atoms with van der Waals surface area (Å²) in [6.45, 7) is 3.84. The molecule has 2 aromatic rings. The van der Waals surface area contributed by atoms with E-state index in [1.807, 2.05) is 13.8 Å². The molecular weight excluding hydrogens is 299 g/mol. The lowest BCUT2D eigenvalue weighted by atomic mass is 9.94. The number of halogens is 4. The third-order valence-corrected chi connectivity index (χ3v) is 3.67. The molecule has 0 bridgehead atoms. The molecule has 0 aliphatic rings. The maximum Gasteiger partial charge on any atom is 0.433 e. The van der Waals surface area contributed by atoms with Crippen molar-refractivity contribution >= 4 is 22.5 Å². The van der Waals surface area contributed by atoms with Gasteiger partial charge in [-0.2, -0.15) is 13.2 Å². The van der Waals surface area contributed by atoms with Crippen LogP contribution in [0, 0.1) is 0 Å². The van der Waals surface area contributed by atoms with E-state index in [9.17, 15) is 13.2 Å². The van der Waals surface area contributed by atoms with Gasteiger partial charge in [-0.25, -0.2) is 4.98 Å². The Morgan fingerprint density at radius 3 is 2.24 bits per heavy atom. The number of hydrogen-bond acceptors (Lipinski definition) is 1. The minimum Gasteiger partial charge on any atom is -0.243 e. The third kappa shape index (κ3) is 3.31. The molecule has 0 unspecified atom stereocenters. The first kappa shape index (κ1) is 16.1. The van der Waals surface area contributed by atoms with E-state index in [4.69, 9.17) is 11.6 Å². The highest BCUT2D eigenvalue weighted by Gasteiger charge is 2.36. The van der Waals surface area contributed by atoms with Gasteiger partial charge in [0.25, 0.3) is 0 Å². The van der Waals surface area contributed by atoms with E-state index in [0.717, 1.165) is 17.4 Å². The van der Waals surface area contributed by atoms with Crippen molar-refractivity contribution < 1.29 is 13.2 Å². The van der Waals surface area contributed by atoms with Gasteiger partial charge in [0.1, 0.15) is 5.69 Å². The van der Waals surface area contributed by atoms with Crippen LogP contribution in [0.25, 0.3) is 10.9 Å². The quantitative estimate of drug-likeness (QED) is 0.693. The van der Waals surface area contributed by atoms with Crippen LogP contribution in [0.2, 0.25) is 5.02 Å². The summed E-state index contributed by atoms with van der Waals surface area (Å²) in [5.74, 6) is 0. The second kappa shape index (κ2) is 6.22. The molecule has 21 heavy (non-hydrogen) atoms. The Morgan fingerprint density at radius 1 is 1.05 bits per heavy atom. The van der Waals surface area contributed by atoms with Crippen molar-refractivity contribution in [2.45, 2.75) is 45.7 Å². The van der Waals surface area contributed by atoms with Crippen molar-refractivity contribution in [2.75, 3.05) is 0 Å². The summed E-state index contributed by atoms with van der Waals surface area (Å²) in [4.78, 5) is 3.86. The summed E-state index contributed by atoms with van der Waals surface area (Å²) in [5, 5.41) is 1.17. The second-order valence-corrected chi connectivity index (χ2v) is 5.51. The number of pyridine rings is 1. The van der Waals surface area contributed by atoms with Crippen molar-refractivity contribution in [3.05, 3.63) is 40.0 Å². The zero-order valence-corrected chi connectivity index (χ0v) is 12.8. The summed E-state index contributed by atoms with van der Waals surface area (Å²) >= 11 is 5.89. The Balaban J connectivity index is 2.83. The molecule has 5 heteroatoms. The monoisotopic (exact) mass is 315 g/mol. The predicted octanol–water partition coefficient (Wildman–Crippen LogP) is 5.81. The molecule has 0 radical (unpaired) electrons. The summed E-state index contributed by atoms with van der Waals surface area (Å²) in [6.07, 6.45) is -2.01. The van der Waals surface area contributed by atoms with E-state index < -0.39 is 11.9 Å². The molecule has 0 aliphatic heterocycles. The zero-order chi connectivity index (χ0) is 15.6. The average Bonchev–Trinajstić information content (AvgIpc) is 2.40. The van der Waals surface area contributed by atoms with Gasteiger partial charge in [0.05, 0.1) is 5.52 Å². The lowest BCUT2D eigenvalue weighted by Gasteiger charge is -2.18. The molecule has 1 heterocycles.